The Morgan fingerprint density at radius 3 is 2.62 bits per heavy atom. The summed E-state index contributed by atoms with van der Waals surface area (Å²) in [6.45, 7) is 6.37. The van der Waals surface area contributed by atoms with Crippen LogP contribution >= 0.6 is 0 Å². The number of carbonyl (C=O) groups is 1. The van der Waals surface area contributed by atoms with Gasteiger partial charge in [0, 0.05) is 43.2 Å². The van der Waals surface area contributed by atoms with E-state index in [1.165, 1.54) is 0 Å². The number of pyridine rings is 1. The van der Waals surface area contributed by atoms with Gasteiger partial charge in [0.25, 0.3) is 5.56 Å². The Bertz CT molecular complexity index is 1100. The first-order chi connectivity index (χ1) is 12.3. The van der Waals surface area contributed by atoms with Crippen LogP contribution in [0.3, 0.4) is 0 Å². The molecule has 136 valence electrons. The summed E-state index contributed by atoms with van der Waals surface area (Å²) in [6, 6.07) is 3.84. The van der Waals surface area contributed by atoms with Gasteiger partial charge in [-0.25, -0.2) is 4.68 Å². The molecule has 0 spiro atoms. The average Bonchev–Trinajstić information content (AvgIpc) is 2.94. The largest absolute Gasteiger partial charge is 0.389 e. The van der Waals surface area contributed by atoms with Gasteiger partial charge in [-0.1, -0.05) is 6.07 Å². The van der Waals surface area contributed by atoms with Crippen molar-refractivity contribution in [3.05, 3.63) is 39.8 Å². The van der Waals surface area contributed by atoms with E-state index in [2.05, 4.69) is 5.10 Å². The van der Waals surface area contributed by atoms with Crippen LogP contribution < -0.4 is 5.56 Å². The number of amides is 1. The van der Waals surface area contributed by atoms with Gasteiger partial charge < -0.3 is 10.0 Å². The highest BCUT2D eigenvalue weighted by molar-refractivity contribution is 6.06. The molecular formula is C19H22N4O3. The summed E-state index contributed by atoms with van der Waals surface area (Å²) in [5.74, 6) is 0.0453. The SMILES string of the molecule is CC(=O)N1CC(n2ncc3c4c(C(C)O)cc(C)cc4c(=O)n(C)c32)C1. The fourth-order valence-electron chi connectivity index (χ4n) is 3.89. The first-order valence-corrected chi connectivity index (χ1v) is 8.73. The van der Waals surface area contributed by atoms with Gasteiger partial charge >= 0.3 is 0 Å². The molecule has 1 atom stereocenters. The lowest BCUT2D eigenvalue weighted by molar-refractivity contribution is -0.134. The van der Waals surface area contributed by atoms with Crippen molar-refractivity contribution in [3.8, 4) is 0 Å². The molecule has 26 heavy (non-hydrogen) atoms. The number of likely N-dealkylation sites (tertiary alicyclic amines) is 1. The highest BCUT2D eigenvalue weighted by Gasteiger charge is 2.32. The fraction of sp³-hybridized carbons (Fsp3) is 0.421. The summed E-state index contributed by atoms with van der Waals surface area (Å²) < 4.78 is 3.45. The average molecular weight is 354 g/mol. The zero-order chi connectivity index (χ0) is 18.7. The van der Waals surface area contributed by atoms with Crippen molar-refractivity contribution in [1.82, 2.24) is 19.2 Å². The Balaban J connectivity index is 2.01. The second kappa shape index (κ2) is 5.67. The molecule has 4 rings (SSSR count). The molecule has 3 heterocycles. The molecule has 0 saturated carbocycles. The second-order valence-electron chi connectivity index (χ2n) is 7.22. The Morgan fingerprint density at radius 1 is 1.31 bits per heavy atom. The van der Waals surface area contributed by atoms with Crippen LogP contribution in [0.4, 0.5) is 0 Å². The van der Waals surface area contributed by atoms with Gasteiger partial charge in [-0.05, 0) is 31.0 Å². The maximum atomic E-state index is 13.0. The van der Waals surface area contributed by atoms with Crippen molar-refractivity contribution in [1.29, 1.82) is 0 Å². The smallest absolute Gasteiger partial charge is 0.259 e. The molecule has 7 heteroatoms. The number of hydrogen-bond donors (Lipinski definition) is 1. The first-order valence-electron chi connectivity index (χ1n) is 8.73. The van der Waals surface area contributed by atoms with E-state index in [1.807, 2.05) is 23.7 Å². The molecule has 3 aromatic rings. The van der Waals surface area contributed by atoms with E-state index in [-0.39, 0.29) is 17.5 Å². The van der Waals surface area contributed by atoms with Crippen LogP contribution in [0.15, 0.2) is 23.1 Å². The summed E-state index contributed by atoms with van der Waals surface area (Å²) in [7, 11) is 1.74. The van der Waals surface area contributed by atoms with Gasteiger partial charge in [0.2, 0.25) is 5.91 Å². The van der Waals surface area contributed by atoms with E-state index in [9.17, 15) is 14.7 Å². The lowest BCUT2D eigenvalue weighted by Crippen LogP contribution is -2.50. The van der Waals surface area contributed by atoms with Gasteiger partial charge in [0.15, 0.2) is 0 Å². The monoisotopic (exact) mass is 354 g/mol. The molecule has 1 aliphatic heterocycles. The zero-order valence-corrected chi connectivity index (χ0v) is 15.4. The number of benzene rings is 1. The van der Waals surface area contributed by atoms with E-state index in [1.54, 1.807) is 36.6 Å². The van der Waals surface area contributed by atoms with Crippen molar-refractivity contribution in [2.75, 3.05) is 13.1 Å². The maximum Gasteiger partial charge on any atom is 0.259 e. The molecule has 0 aliphatic carbocycles. The van der Waals surface area contributed by atoms with E-state index in [0.717, 1.165) is 27.5 Å². The Kier molecular flexibility index (Phi) is 3.66. The highest BCUT2D eigenvalue weighted by Crippen LogP contribution is 2.32. The van der Waals surface area contributed by atoms with E-state index in [0.29, 0.717) is 18.5 Å². The zero-order valence-electron chi connectivity index (χ0n) is 15.4. The van der Waals surface area contributed by atoms with Crippen molar-refractivity contribution in [2.45, 2.75) is 32.9 Å². The normalized spacial score (nSPS) is 16.3. The molecule has 1 aromatic carbocycles. The van der Waals surface area contributed by atoms with Crippen LogP contribution in [0.1, 0.15) is 37.1 Å². The third-order valence-electron chi connectivity index (χ3n) is 5.31. The minimum atomic E-state index is -0.687. The summed E-state index contributed by atoms with van der Waals surface area (Å²) >= 11 is 0. The number of hydrogen-bond acceptors (Lipinski definition) is 4. The molecule has 1 fully saturated rings. The topological polar surface area (TPSA) is 80.4 Å². The second-order valence-corrected chi connectivity index (χ2v) is 7.22. The number of nitrogens with zero attached hydrogens (tertiary/aromatic N) is 4. The summed E-state index contributed by atoms with van der Waals surface area (Å²) in [6.07, 6.45) is 1.07. The lowest BCUT2D eigenvalue weighted by Gasteiger charge is -2.38. The van der Waals surface area contributed by atoms with Crippen LogP contribution in [0.2, 0.25) is 0 Å². The van der Waals surface area contributed by atoms with E-state index >= 15 is 0 Å². The molecule has 1 unspecified atom stereocenters. The number of fused-ring (bicyclic) bond motifs is 3. The Morgan fingerprint density at radius 2 is 2.00 bits per heavy atom. The molecule has 7 nitrogen and oxygen atoms in total. The van der Waals surface area contributed by atoms with E-state index in [4.69, 9.17) is 0 Å². The lowest BCUT2D eigenvalue weighted by atomic mass is 9.97. The summed E-state index contributed by atoms with van der Waals surface area (Å²) in [4.78, 5) is 26.2. The summed E-state index contributed by atoms with van der Waals surface area (Å²) in [5.41, 5.74) is 2.29. The number of carbonyl (C=O) groups excluding carboxylic acids is 1. The van der Waals surface area contributed by atoms with Crippen LogP contribution in [-0.2, 0) is 11.8 Å². The number of aliphatic hydroxyl groups is 1. The van der Waals surface area contributed by atoms with Gasteiger partial charge in [-0.15, -0.1) is 0 Å². The van der Waals surface area contributed by atoms with Crippen LogP contribution in [-0.4, -0.2) is 43.4 Å². The summed E-state index contributed by atoms with van der Waals surface area (Å²) in [5, 5.41) is 17.0. The van der Waals surface area contributed by atoms with Crippen LogP contribution in [0.25, 0.3) is 21.8 Å². The number of rotatable bonds is 2. The first kappa shape index (κ1) is 16.8. The number of aliphatic hydroxyl groups excluding tert-OH is 1. The van der Waals surface area contributed by atoms with Crippen LogP contribution in [0.5, 0.6) is 0 Å². The molecule has 0 bridgehead atoms. The van der Waals surface area contributed by atoms with Gasteiger partial charge in [-0.3, -0.25) is 14.2 Å². The molecule has 2 aromatic heterocycles. The minimum Gasteiger partial charge on any atom is -0.389 e. The fourth-order valence-corrected chi connectivity index (χ4v) is 3.89. The van der Waals surface area contributed by atoms with Gasteiger partial charge in [-0.2, -0.15) is 5.10 Å². The maximum absolute atomic E-state index is 13.0. The third kappa shape index (κ3) is 2.27. The van der Waals surface area contributed by atoms with Gasteiger partial charge in [0.1, 0.15) is 5.65 Å². The standard InChI is InChI=1S/C19H22N4O3/c1-10-5-14(11(2)24)17-15(6-10)19(26)21(4)18-16(17)7-20-23(18)13-8-22(9-13)12(3)25/h5-7,11,13,24H,8-9H2,1-4H3. The van der Waals surface area contributed by atoms with Gasteiger partial charge in [0.05, 0.1) is 18.3 Å². The predicted molar refractivity (Wildman–Crippen MR) is 99.1 cm³/mol. The molecular weight excluding hydrogens is 332 g/mol. The number of aromatic nitrogens is 3. The molecule has 1 N–H and O–H groups in total. The van der Waals surface area contributed by atoms with Crippen molar-refractivity contribution < 1.29 is 9.90 Å². The quantitative estimate of drug-likeness (QED) is 0.759. The minimum absolute atomic E-state index is 0.0453. The van der Waals surface area contributed by atoms with Crippen molar-refractivity contribution in [2.24, 2.45) is 7.05 Å². The van der Waals surface area contributed by atoms with Crippen molar-refractivity contribution >= 4 is 27.7 Å². The molecule has 1 aliphatic rings. The molecule has 1 saturated heterocycles. The van der Waals surface area contributed by atoms with Crippen molar-refractivity contribution in [3.63, 3.8) is 0 Å². The molecule has 0 radical (unpaired) electrons. The Labute approximate surface area is 150 Å². The molecule has 1 amide bonds. The highest BCUT2D eigenvalue weighted by atomic mass is 16.3. The van der Waals surface area contributed by atoms with Crippen LogP contribution in [0, 0.1) is 6.92 Å². The van der Waals surface area contributed by atoms with E-state index < -0.39 is 6.10 Å². The Hall–Kier alpha value is -2.67. The number of aryl methyl sites for hydroxylation is 2. The third-order valence-corrected chi connectivity index (χ3v) is 5.31. The predicted octanol–water partition coefficient (Wildman–Crippen LogP) is 1.65.